The molecule has 1 N–H and O–H groups in total. The topological polar surface area (TPSA) is 71.3 Å². The largest absolute Gasteiger partial charge is 0.488 e. The highest BCUT2D eigenvalue weighted by molar-refractivity contribution is 6.02. The molecule has 1 atom stereocenters. The van der Waals surface area contributed by atoms with E-state index >= 15 is 0 Å². The van der Waals surface area contributed by atoms with Crippen molar-refractivity contribution in [2.45, 2.75) is 25.6 Å². The summed E-state index contributed by atoms with van der Waals surface area (Å²) in [4.78, 5) is 12.3. The maximum Gasteiger partial charge on any atom is 0.262 e. The van der Waals surface area contributed by atoms with Crippen LogP contribution in [0.25, 0.3) is 6.08 Å². The monoisotopic (exact) mass is 362 g/mol. The Kier molecular flexibility index (Phi) is 6.61. The number of rotatable bonds is 7. The number of hydrogen-bond donors (Lipinski definition) is 1. The van der Waals surface area contributed by atoms with Gasteiger partial charge in [-0.05, 0) is 30.5 Å². The van der Waals surface area contributed by atoms with Crippen molar-refractivity contribution < 1.29 is 14.3 Å². The summed E-state index contributed by atoms with van der Waals surface area (Å²) in [5.74, 6) is 0.229. The third-order valence-electron chi connectivity index (χ3n) is 4.34. The first-order valence-electron chi connectivity index (χ1n) is 9.03. The fourth-order valence-electron chi connectivity index (χ4n) is 2.88. The number of ether oxygens (including phenoxy) is 2. The zero-order chi connectivity index (χ0) is 18.9. The lowest BCUT2D eigenvalue weighted by molar-refractivity contribution is -0.117. The summed E-state index contributed by atoms with van der Waals surface area (Å²) in [5, 5.41) is 12.2. The highest BCUT2D eigenvalue weighted by atomic mass is 16.5. The van der Waals surface area contributed by atoms with Crippen LogP contribution in [-0.4, -0.2) is 25.2 Å². The quantitative estimate of drug-likeness (QED) is 0.605. The summed E-state index contributed by atoms with van der Waals surface area (Å²) in [6.07, 6.45) is 3.54. The van der Waals surface area contributed by atoms with Gasteiger partial charge in [0, 0.05) is 18.7 Å². The van der Waals surface area contributed by atoms with E-state index in [0.29, 0.717) is 24.5 Å². The molecule has 5 heteroatoms. The molecule has 0 aliphatic carbocycles. The SMILES string of the molecule is N#C/C(=C/c1ccccc1OCc1ccccc1)C(=O)NC[C@@H]1CCCO1. The number of hydrogen-bond acceptors (Lipinski definition) is 4. The Morgan fingerprint density at radius 3 is 2.74 bits per heavy atom. The maximum absolute atomic E-state index is 12.3. The van der Waals surface area contributed by atoms with Crippen molar-refractivity contribution in [3.63, 3.8) is 0 Å². The van der Waals surface area contributed by atoms with Crippen LogP contribution in [-0.2, 0) is 16.1 Å². The number of para-hydroxylation sites is 1. The Morgan fingerprint density at radius 1 is 1.22 bits per heavy atom. The van der Waals surface area contributed by atoms with Gasteiger partial charge in [0.05, 0.1) is 6.10 Å². The Morgan fingerprint density at radius 2 is 2.00 bits per heavy atom. The third kappa shape index (κ3) is 5.44. The lowest BCUT2D eigenvalue weighted by atomic mass is 10.1. The molecular formula is C22H22N2O3. The Labute approximate surface area is 159 Å². The van der Waals surface area contributed by atoms with E-state index in [2.05, 4.69) is 5.32 Å². The van der Waals surface area contributed by atoms with Gasteiger partial charge < -0.3 is 14.8 Å². The molecular weight excluding hydrogens is 340 g/mol. The van der Waals surface area contributed by atoms with Crippen molar-refractivity contribution in [2.75, 3.05) is 13.2 Å². The fraction of sp³-hybridized carbons (Fsp3) is 0.273. The zero-order valence-corrected chi connectivity index (χ0v) is 15.1. The molecule has 0 aromatic heterocycles. The van der Waals surface area contributed by atoms with Gasteiger partial charge in [0.25, 0.3) is 5.91 Å². The molecule has 1 heterocycles. The molecule has 1 aliphatic rings. The van der Waals surface area contributed by atoms with Gasteiger partial charge in [-0.2, -0.15) is 5.26 Å². The summed E-state index contributed by atoms with van der Waals surface area (Å²) in [6, 6.07) is 19.2. The second kappa shape index (κ2) is 9.56. The molecule has 0 spiro atoms. The van der Waals surface area contributed by atoms with E-state index in [4.69, 9.17) is 9.47 Å². The number of nitriles is 1. The maximum atomic E-state index is 12.3. The number of carbonyl (C=O) groups is 1. The molecule has 1 fully saturated rings. The van der Waals surface area contributed by atoms with Gasteiger partial charge >= 0.3 is 0 Å². The van der Waals surface area contributed by atoms with Crippen molar-refractivity contribution in [2.24, 2.45) is 0 Å². The molecule has 2 aromatic carbocycles. The minimum atomic E-state index is -0.397. The molecule has 0 unspecified atom stereocenters. The lowest BCUT2D eigenvalue weighted by Crippen LogP contribution is -2.32. The van der Waals surface area contributed by atoms with Gasteiger partial charge in [-0.25, -0.2) is 0 Å². The van der Waals surface area contributed by atoms with Crippen LogP contribution >= 0.6 is 0 Å². The van der Waals surface area contributed by atoms with Crippen LogP contribution in [0.3, 0.4) is 0 Å². The van der Waals surface area contributed by atoms with E-state index in [0.717, 1.165) is 25.0 Å². The summed E-state index contributed by atoms with van der Waals surface area (Å²) < 4.78 is 11.4. The molecule has 138 valence electrons. The van der Waals surface area contributed by atoms with Gasteiger partial charge in [-0.1, -0.05) is 48.5 Å². The first-order chi connectivity index (χ1) is 13.3. The normalized spacial score (nSPS) is 16.6. The molecule has 1 saturated heterocycles. The number of amides is 1. The molecule has 0 bridgehead atoms. The van der Waals surface area contributed by atoms with E-state index in [1.165, 1.54) is 0 Å². The Bertz CT molecular complexity index is 834. The van der Waals surface area contributed by atoms with Gasteiger partial charge in [-0.3, -0.25) is 4.79 Å². The first-order valence-corrected chi connectivity index (χ1v) is 9.03. The van der Waals surface area contributed by atoms with E-state index in [1.807, 2.05) is 60.7 Å². The number of carbonyl (C=O) groups excluding carboxylic acids is 1. The smallest absolute Gasteiger partial charge is 0.262 e. The Hall–Kier alpha value is -3.10. The molecule has 0 saturated carbocycles. The van der Waals surface area contributed by atoms with Crippen LogP contribution in [0.2, 0.25) is 0 Å². The highest BCUT2D eigenvalue weighted by Gasteiger charge is 2.18. The molecule has 0 radical (unpaired) electrons. The third-order valence-corrected chi connectivity index (χ3v) is 4.34. The van der Waals surface area contributed by atoms with E-state index in [1.54, 1.807) is 6.08 Å². The molecule has 1 aliphatic heterocycles. The van der Waals surface area contributed by atoms with Crippen LogP contribution < -0.4 is 10.1 Å². The summed E-state index contributed by atoms with van der Waals surface area (Å²) >= 11 is 0. The minimum Gasteiger partial charge on any atom is -0.488 e. The average molecular weight is 362 g/mol. The molecule has 1 amide bonds. The summed E-state index contributed by atoms with van der Waals surface area (Å²) in [5.41, 5.74) is 1.78. The predicted octanol–water partition coefficient (Wildman–Crippen LogP) is 3.47. The van der Waals surface area contributed by atoms with Gasteiger partial charge in [0.1, 0.15) is 24.0 Å². The molecule has 5 nitrogen and oxygen atoms in total. The fourth-order valence-corrected chi connectivity index (χ4v) is 2.88. The summed E-state index contributed by atoms with van der Waals surface area (Å²) in [6.45, 7) is 1.57. The lowest BCUT2D eigenvalue weighted by Gasteiger charge is -2.11. The Balaban J connectivity index is 1.68. The van der Waals surface area contributed by atoms with E-state index in [9.17, 15) is 10.1 Å². The van der Waals surface area contributed by atoms with Gasteiger partial charge in [-0.15, -0.1) is 0 Å². The number of nitrogens with one attached hydrogen (secondary N) is 1. The summed E-state index contributed by atoms with van der Waals surface area (Å²) in [7, 11) is 0. The highest BCUT2D eigenvalue weighted by Crippen LogP contribution is 2.22. The molecule has 3 rings (SSSR count). The first kappa shape index (κ1) is 18.7. The van der Waals surface area contributed by atoms with E-state index in [-0.39, 0.29) is 11.7 Å². The molecule has 27 heavy (non-hydrogen) atoms. The number of benzene rings is 2. The standard InChI is InChI=1S/C22H22N2O3/c23-14-19(22(25)24-15-20-10-6-12-26-20)13-18-9-4-5-11-21(18)27-16-17-7-2-1-3-8-17/h1-5,7-9,11,13,20H,6,10,12,15-16H2,(H,24,25)/b19-13-/t20-/m0/s1. The van der Waals surface area contributed by atoms with Crippen LogP contribution in [0.1, 0.15) is 24.0 Å². The van der Waals surface area contributed by atoms with Crippen molar-refractivity contribution in [3.8, 4) is 11.8 Å². The van der Waals surface area contributed by atoms with Crippen LogP contribution in [0.5, 0.6) is 5.75 Å². The van der Waals surface area contributed by atoms with Crippen molar-refractivity contribution >= 4 is 12.0 Å². The van der Waals surface area contributed by atoms with Crippen LogP contribution in [0.4, 0.5) is 0 Å². The predicted molar refractivity (Wildman–Crippen MR) is 103 cm³/mol. The van der Waals surface area contributed by atoms with Crippen molar-refractivity contribution in [1.29, 1.82) is 5.26 Å². The second-order valence-electron chi connectivity index (χ2n) is 6.33. The average Bonchev–Trinajstić information content (AvgIpc) is 3.24. The minimum absolute atomic E-state index is 0.0374. The second-order valence-corrected chi connectivity index (χ2v) is 6.33. The van der Waals surface area contributed by atoms with Gasteiger partial charge in [0.15, 0.2) is 0 Å². The van der Waals surface area contributed by atoms with Crippen LogP contribution in [0, 0.1) is 11.3 Å². The van der Waals surface area contributed by atoms with Crippen molar-refractivity contribution in [1.82, 2.24) is 5.32 Å². The van der Waals surface area contributed by atoms with Gasteiger partial charge in [0.2, 0.25) is 0 Å². The van der Waals surface area contributed by atoms with E-state index < -0.39 is 5.91 Å². The zero-order valence-electron chi connectivity index (χ0n) is 15.1. The number of nitrogens with zero attached hydrogens (tertiary/aromatic N) is 1. The molecule has 2 aromatic rings. The van der Waals surface area contributed by atoms with Crippen LogP contribution in [0.15, 0.2) is 60.2 Å². The van der Waals surface area contributed by atoms with Crippen molar-refractivity contribution in [3.05, 3.63) is 71.3 Å².